The lowest BCUT2D eigenvalue weighted by atomic mass is 10.1. The van der Waals surface area contributed by atoms with Crippen molar-refractivity contribution in [2.75, 3.05) is 11.9 Å². The molecule has 0 atom stereocenters. The Kier molecular flexibility index (Phi) is 4.07. The summed E-state index contributed by atoms with van der Waals surface area (Å²) in [6.07, 6.45) is 0. The van der Waals surface area contributed by atoms with Gasteiger partial charge in [0.15, 0.2) is 0 Å². The van der Waals surface area contributed by atoms with Crippen molar-refractivity contribution in [3.05, 3.63) is 35.1 Å². The molecule has 1 N–H and O–H groups in total. The van der Waals surface area contributed by atoms with Gasteiger partial charge in [-0.25, -0.2) is 4.39 Å². The molecule has 1 amide bonds. The normalized spacial score (nSPS) is 9.93. The Bertz CT molecular complexity index is 341. The Labute approximate surface area is 90.6 Å². The standard InChI is InChI=1S/C10H11BrFNO/c1-7-2-3-8(12)6-9(7)10(14)13-5-4-11/h2-3,6H,4-5H2,1H3,(H,13,14). The molecule has 0 bridgehead atoms. The minimum atomic E-state index is -0.389. The highest BCUT2D eigenvalue weighted by molar-refractivity contribution is 9.09. The molecule has 0 aliphatic carbocycles. The van der Waals surface area contributed by atoms with Gasteiger partial charge in [-0.3, -0.25) is 4.79 Å². The molecule has 0 saturated carbocycles. The fourth-order valence-corrected chi connectivity index (χ4v) is 1.29. The van der Waals surface area contributed by atoms with Gasteiger partial charge in [0.2, 0.25) is 0 Å². The average molecular weight is 260 g/mol. The van der Waals surface area contributed by atoms with E-state index in [1.807, 2.05) is 0 Å². The molecule has 1 aromatic carbocycles. The van der Waals surface area contributed by atoms with E-state index in [1.165, 1.54) is 12.1 Å². The number of aryl methyl sites for hydroxylation is 1. The molecule has 0 aromatic heterocycles. The summed E-state index contributed by atoms with van der Waals surface area (Å²) >= 11 is 3.19. The van der Waals surface area contributed by atoms with Crippen molar-refractivity contribution in [1.29, 1.82) is 0 Å². The SMILES string of the molecule is Cc1ccc(F)cc1C(=O)NCCBr. The fraction of sp³-hybridized carbons (Fsp3) is 0.300. The smallest absolute Gasteiger partial charge is 0.251 e. The maximum absolute atomic E-state index is 12.8. The largest absolute Gasteiger partial charge is 0.351 e. The summed E-state index contributed by atoms with van der Waals surface area (Å²) < 4.78 is 12.8. The summed E-state index contributed by atoms with van der Waals surface area (Å²) in [4.78, 5) is 11.5. The Morgan fingerprint density at radius 3 is 2.93 bits per heavy atom. The molecule has 14 heavy (non-hydrogen) atoms. The zero-order valence-electron chi connectivity index (χ0n) is 7.81. The number of carbonyl (C=O) groups excluding carboxylic acids is 1. The zero-order valence-corrected chi connectivity index (χ0v) is 9.40. The number of halogens is 2. The number of nitrogens with one attached hydrogen (secondary N) is 1. The van der Waals surface area contributed by atoms with Crippen molar-refractivity contribution in [3.8, 4) is 0 Å². The molecule has 0 radical (unpaired) electrons. The molecule has 1 aromatic rings. The molecule has 2 nitrogen and oxygen atoms in total. The van der Waals surface area contributed by atoms with Gasteiger partial charge in [0, 0.05) is 17.4 Å². The van der Waals surface area contributed by atoms with Gasteiger partial charge in [-0.15, -0.1) is 0 Å². The van der Waals surface area contributed by atoms with E-state index in [0.717, 1.165) is 5.56 Å². The first-order valence-corrected chi connectivity index (χ1v) is 5.37. The van der Waals surface area contributed by atoms with E-state index in [2.05, 4.69) is 21.2 Å². The van der Waals surface area contributed by atoms with Gasteiger partial charge in [-0.1, -0.05) is 22.0 Å². The zero-order chi connectivity index (χ0) is 10.6. The number of hydrogen-bond acceptors (Lipinski definition) is 1. The lowest BCUT2D eigenvalue weighted by Gasteiger charge is -2.05. The summed E-state index contributed by atoms with van der Waals surface area (Å²) in [7, 11) is 0. The molecule has 0 spiro atoms. The molecular weight excluding hydrogens is 249 g/mol. The number of rotatable bonds is 3. The quantitative estimate of drug-likeness (QED) is 0.830. The maximum Gasteiger partial charge on any atom is 0.251 e. The van der Waals surface area contributed by atoms with Crippen LogP contribution in [0, 0.1) is 12.7 Å². The lowest BCUT2D eigenvalue weighted by molar-refractivity contribution is 0.0955. The van der Waals surface area contributed by atoms with Crippen LogP contribution in [0.25, 0.3) is 0 Å². The van der Waals surface area contributed by atoms with Crippen molar-refractivity contribution in [2.24, 2.45) is 0 Å². The van der Waals surface area contributed by atoms with Gasteiger partial charge >= 0.3 is 0 Å². The van der Waals surface area contributed by atoms with Gasteiger partial charge in [0.25, 0.3) is 5.91 Å². The predicted octanol–water partition coefficient (Wildman–Crippen LogP) is 2.26. The van der Waals surface area contributed by atoms with Crippen LogP contribution < -0.4 is 5.32 Å². The van der Waals surface area contributed by atoms with Crippen LogP contribution >= 0.6 is 15.9 Å². The summed E-state index contributed by atoms with van der Waals surface area (Å²) in [5.74, 6) is -0.624. The third kappa shape index (κ3) is 2.80. The van der Waals surface area contributed by atoms with Crippen molar-refractivity contribution in [3.63, 3.8) is 0 Å². The van der Waals surface area contributed by atoms with Crippen LogP contribution in [0.3, 0.4) is 0 Å². The van der Waals surface area contributed by atoms with Crippen LogP contribution in [0.5, 0.6) is 0 Å². The average Bonchev–Trinajstić information content (AvgIpc) is 2.18. The molecule has 0 unspecified atom stereocenters. The Morgan fingerprint density at radius 2 is 2.29 bits per heavy atom. The summed E-state index contributed by atoms with van der Waals surface area (Å²) in [6.45, 7) is 2.32. The van der Waals surface area contributed by atoms with Crippen LogP contribution in [0.2, 0.25) is 0 Å². The molecule has 0 aliphatic rings. The highest BCUT2D eigenvalue weighted by atomic mass is 79.9. The number of hydrogen-bond donors (Lipinski definition) is 1. The van der Waals surface area contributed by atoms with E-state index in [1.54, 1.807) is 13.0 Å². The van der Waals surface area contributed by atoms with Crippen molar-refractivity contribution in [1.82, 2.24) is 5.32 Å². The van der Waals surface area contributed by atoms with Gasteiger partial charge in [-0.2, -0.15) is 0 Å². The van der Waals surface area contributed by atoms with Crippen LogP contribution in [0.1, 0.15) is 15.9 Å². The first-order valence-electron chi connectivity index (χ1n) is 4.25. The monoisotopic (exact) mass is 259 g/mol. The van der Waals surface area contributed by atoms with E-state index in [-0.39, 0.29) is 11.7 Å². The van der Waals surface area contributed by atoms with E-state index in [9.17, 15) is 9.18 Å². The second kappa shape index (κ2) is 5.10. The number of carbonyl (C=O) groups is 1. The van der Waals surface area contributed by atoms with Gasteiger partial charge < -0.3 is 5.32 Å². The Hall–Kier alpha value is -0.900. The van der Waals surface area contributed by atoms with Crippen molar-refractivity contribution in [2.45, 2.75) is 6.92 Å². The Morgan fingerprint density at radius 1 is 1.57 bits per heavy atom. The summed E-state index contributed by atoms with van der Waals surface area (Å²) in [6, 6.07) is 4.19. The van der Waals surface area contributed by atoms with Crippen LogP contribution in [0.15, 0.2) is 18.2 Å². The van der Waals surface area contributed by atoms with E-state index < -0.39 is 0 Å². The van der Waals surface area contributed by atoms with E-state index in [4.69, 9.17) is 0 Å². The predicted molar refractivity (Wildman–Crippen MR) is 57.3 cm³/mol. The van der Waals surface area contributed by atoms with Gasteiger partial charge in [-0.05, 0) is 24.6 Å². The van der Waals surface area contributed by atoms with E-state index >= 15 is 0 Å². The number of benzene rings is 1. The number of alkyl halides is 1. The van der Waals surface area contributed by atoms with E-state index in [0.29, 0.717) is 17.4 Å². The van der Waals surface area contributed by atoms with Crippen LogP contribution in [-0.2, 0) is 0 Å². The molecule has 4 heteroatoms. The molecule has 0 aliphatic heterocycles. The molecular formula is C10H11BrFNO. The molecule has 1 rings (SSSR count). The summed E-state index contributed by atoms with van der Waals surface area (Å²) in [5, 5.41) is 3.35. The second-order valence-electron chi connectivity index (χ2n) is 2.90. The lowest BCUT2D eigenvalue weighted by Crippen LogP contribution is -2.25. The van der Waals surface area contributed by atoms with Crippen LogP contribution in [-0.4, -0.2) is 17.8 Å². The van der Waals surface area contributed by atoms with Crippen molar-refractivity contribution < 1.29 is 9.18 Å². The van der Waals surface area contributed by atoms with Crippen molar-refractivity contribution >= 4 is 21.8 Å². The third-order valence-corrected chi connectivity index (χ3v) is 2.22. The first kappa shape index (κ1) is 11.2. The van der Waals surface area contributed by atoms with Gasteiger partial charge in [0.05, 0.1) is 0 Å². The first-order chi connectivity index (χ1) is 6.65. The molecule has 0 saturated heterocycles. The minimum Gasteiger partial charge on any atom is -0.351 e. The maximum atomic E-state index is 12.8. The molecule has 0 heterocycles. The number of amides is 1. The topological polar surface area (TPSA) is 29.1 Å². The third-order valence-electron chi connectivity index (χ3n) is 1.82. The second-order valence-corrected chi connectivity index (χ2v) is 3.70. The Balaban J connectivity index is 2.83. The van der Waals surface area contributed by atoms with Gasteiger partial charge in [0.1, 0.15) is 5.82 Å². The highest BCUT2D eigenvalue weighted by Gasteiger charge is 2.08. The highest BCUT2D eigenvalue weighted by Crippen LogP contribution is 2.09. The van der Waals surface area contributed by atoms with Crippen LogP contribution in [0.4, 0.5) is 4.39 Å². The summed E-state index contributed by atoms with van der Waals surface area (Å²) in [5.41, 5.74) is 1.17. The molecule has 76 valence electrons. The fourth-order valence-electron chi connectivity index (χ4n) is 1.09. The minimum absolute atomic E-state index is 0.235. The molecule has 0 fully saturated rings.